The number of aryl methyl sites for hydroxylation is 1. The average molecular weight is 281 g/mol. The molecule has 1 aromatic heterocycles. The van der Waals surface area contributed by atoms with Crippen molar-refractivity contribution in [3.05, 3.63) is 57.7 Å². The van der Waals surface area contributed by atoms with Crippen molar-refractivity contribution in [3.8, 4) is 0 Å². The number of carbonyl (C=O) groups is 1. The number of esters is 1. The van der Waals surface area contributed by atoms with E-state index in [1.807, 2.05) is 25.1 Å². The van der Waals surface area contributed by atoms with Gasteiger partial charge in [-0.25, -0.2) is 4.79 Å². The lowest BCUT2D eigenvalue weighted by molar-refractivity contribution is 0.0526. The Morgan fingerprint density at radius 2 is 1.90 bits per heavy atom. The first-order valence-electron chi connectivity index (χ1n) is 6.83. The minimum Gasteiger partial charge on any atom is -0.462 e. The van der Waals surface area contributed by atoms with Gasteiger partial charge in [0.05, 0.1) is 17.7 Å². The average Bonchev–Trinajstić information content (AvgIpc) is 2.48. The molecule has 1 N–H and O–H groups in total. The first-order valence-corrected chi connectivity index (χ1v) is 6.83. The molecule has 4 nitrogen and oxygen atoms in total. The van der Waals surface area contributed by atoms with Crippen LogP contribution in [0.15, 0.2) is 41.2 Å². The molecule has 0 aliphatic heterocycles. The molecule has 21 heavy (non-hydrogen) atoms. The summed E-state index contributed by atoms with van der Waals surface area (Å²) in [7, 11) is 0. The summed E-state index contributed by atoms with van der Waals surface area (Å²) in [5.74, 6) is -0.385. The zero-order valence-electron chi connectivity index (χ0n) is 11.9. The van der Waals surface area contributed by atoms with Crippen LogP contribution in [0.1, 0.15) is 22.8 Å². The number of carbonyl (C=O) groups excluding carboxylic acids is 1. The van der Waals surface area contributed by atoms with Crippen molar-refractivity contribution in [1.82, 2.24) is 4.98 Å². The van der Waals surface area contributed by atoms with E-state index >= 15 is 0 Å². The zero-order chi connectivity index (χ0) is 15.0. The number of aromatic nitrogens is 1. The summed E-state index contributed by atoms with van der Waals surface area (Å²) in [6.45, 7) is 4.04. The molecule has 0 aliphatic rings. The molecule has 3 rings (SSSR count). The van der Waals surface area contributed by atoms with Gasteiger partial charge in [-0.1, -0.05) is 11.6 Å². The normalized spacial score (nSPS) is 11.0. The molecule has 0 atom stereocenters. The maximum atomic E-state index is 12.5. The molecule has 0 aliphatic carbocycles. The van der Waals surface area contributed by atoms with E-state index in [-0.39, 0.29) is 11.4 Å². The summed E-state index contributed by atoms with van der Waals surface area (Å²) in [4.78, 5) is 27.5. The highest BCUT2D eigenvalue weighted by molar-refractivity contribution is 5.97. The number of rotatable bonds is 2. The second-order valence-electron chi connectivity index (χ2n) is 4.98. The van der Waals surface area contributed by atoms with Gasteiger partial charge in [0.25, 0.3) is 0 Å². The Labute approximate surface area is 121 Å². The van der Waals surface area contributed by atoms with Crippen LogP contribution in [-0.2, 0) is 4.74 Å². The van der Waals surface area contributed by atoms with Crippen LogP contribution in [0, 0.1) is 6.92 Å². The fraction of sp³-hybridized carbons (Fsp3) is 0.176. The molecule has 0 spiro atoms. The molecule has 1 heterocycles. The van der Waals surface area contributed by atoms with Gasteiger partial charge in [-0.05, 0) is 44.2 Å². The molecule has 0 unspecified atom stereocenters. The number of benzene rings is 2. The third-order valence-corrected chi connectivity index (χ3v) is 3.46. The van der Waals surface area contributed by atoms with Crippen molar-refractivity contribution in [3.63, 3.8) is 0 Å². The number of hydrogen-bond donors (Lipinski definition) is 1. The van der Waals surface area contributed by atoms with E-state index in [4.69, 9.17) is 4.74 Å². The van der Waals surface area contributed by atoms with Crippen molar-refractivity contribution >= 4 is 27.8 Å². The predicted octanol–water partition coefficient (Wildman–Crippen LogP) is 3.17. The van der Waals surface area contributed by atoms with Crippen LogP contribution >= 0.6 is 0 Å². The molecular weight excluding hydrogens is 266 g/mol. The molecule has 0 saturated carbocycles. The van der Waals surface area contributed by atoms with E-state index < -0.39 is 0 Å². The van der Waals surface area contributed by atoms with Crippen LogP contribution in [0.5, 0.6) is 0 Å². The Morgan fingerprint density at radius 1 is 1.10 bits per heavy atom. The smallest absolute Gasteiger partial charge is 0.338 e. The molecule has 0 saturated heterocycles. The van der Waals surface area contributed by atoms with E-state index in [1.165, 1.54) is 0 Å². The van der Waals surface area contributed by atoms with Crippen LogP contribution in [0.25, 0.3) is 21.8 Å². The van der Waals surface area contributed by atoms with Crippen molar-refractivity contribution in [2.45, 2.75) is 13.8 Å². The number of hydrogen-bond acceptors (Lipinski definition) is 3. The molecule has 0 fully saturated rings. The molecular formula is C17H15NO3. The standard InChI is InChI=1S/C17H15NO3/c1-3-21-17(20)11-5-6-12-15(9-11)18-14-7-4-10(2)8-13(14)16(12)19/h4-9H,3H2,1-2H3,(H,18,19). The Balaban J connectivity index is 2.27. The van der Waals surface area contributed by atoms with Gasteiger partial charge in [0.1, 0.15) is 0 Å². The van der Waals surface area contributed by atoms with Crippen molar-refractivity contribution in [2.24, 2.45) is 0 Å². The van der Waals surface area contributed by atoms with Crippen LogP contribution in [0.4, 0.5) is 0 Å². The number of nitrogens with one attached hydrogen (secondary N) is 1. The summed E-state index contributed by atoms with van der Waals surface area (Å²) in [5, 5.41) is 1.23. The summed E-state index contributed by atoms with van der Waals surface area (Å²) >= 11 is 0. The van der Waals surface area contributed by atoms with E-state index in [1.54, 1.807) is 25.1 Å². The lowest BCUT2D eigenvalue weighted by Crippen LogP contribution is -2.08. The molecule has 106 valence electrons. The maximum Gasteiger partial charge on any atom is 0.338 e. The SMILES string of the molecule is CCOC(=O)c1ccc2c(=O)c3cc(C)ccc3[nH]c2c1. The number of fused-ring (bicyclic) bond motifs is 2. The summed E-state index contributed by atoms with van der Waals surface area (Å²) in [6.07, 6.45) is 0. The Bertz CT molecular complexity index is 909. The van der Waals surface area contributed by atoms with Gasteiger partial charge in [0, 0.05) is 16.3 Å². The summed E-state index contributed by atoms with van der Waals surface area (Å²) in [6, 6.07) is 10.6. The summed E-state index contributed by atoms with van der Waals surface area (Å²) in [5.41, 5.74) is 2.85. The highest BCUT2D eigenvalue weighted by Crippen LogP contribution is 2.17. The Hall–Kier alpha value is -2.62. The lowest BCUT2D eigenvalue weighted by Gasteiger charge is -2.06. The zero-order valence-corrected chi connectivity index (χ0v) is 11.9. The van der Waals surface area contributed by atoms with Crippen molar-refractivity contribution in [2.75, 3.05) is 6.61 Å². The molecule has 3 aromatic rings. The third-order valence-electron chi connectivity index (χ3n) is 3.46. The van der Waals surface area contributed by atoms with Gasteiger partial charge in [-0.15, -0.1) is 0 Å². The van der Waals surface area contributed by atoms with E-state index in [0.717, 1.165) is 11.1 Å². The fourth-order valence-electron chi connectivity index (χ4n) is 2.43. The number of pyridine rings is 1. The minimum absolute atomic E-state index is 0.0298. The quantitative estimate of drug-likeness (QED) is 0.580. The Kier molecular flexibility index (Phi) is 3.22. The van der Waals surface area contributed by atoms with Gasteiger partial charge >= 0.3 is 5.97 Å². The van der Waals surface area contributed by atoms with Gasteiger partial charge in [0.2, 0.25) is 0 Å². The fourth-order valence-corrected chi connectivity index (χ4v) is 2.43. The van der Waals surface area contributed by atoms with Gasteiger partial charge in [0.15, 0.2) is 5.43 Å². The van der Waals surface area contributed by atoms with Crippen LogP contribution in [0.2, 0.25) is 0 Å². The lowest BCUT2D eigenvalue weighted by atomic mass is 10.1. The Morgan fingerprint density at radius 3 is 2.67 bits per heavy atom. The maximum absolute atomic E-state index is 12.5. The largest absolute Gasteiger partial charge is 0.462 e. The number of H-pyrrole nitrogens is 1. The van der Waals surface area contributed by atoms with Gasteiger partial charge < -0.3 is 9.72 Å². The summed E-state index contributed by atoms with van der Waals surface area (Å²) < 4.78 is 4.98. The number of ether oxygens (including phenoxy) is 1. The third kappa shape index (κ3) is 2.29. The molecule has 0 bridgehead atoms. The van der Waals surface area contributed by atoms with Crippen LogP contribution in [-0.4, -0.2) is 17.6 Å². The van der Waals surface area contributed by atoms with Crippen molar-refractivity contribution < 1.29 is 9.53 Å². The van der Waals surface area contributed by atoms with Gasteiger partial charge in [-0.3, -0.25) is 4.79 Å². The minimum atomic E-state index is -0.385. The van der Waals surface area contributed by atoms with E-state index in [9.17, 15) is 9.59 Å². The topological polar surface area (TPSA) is 59.2 Å². The van der Waals surface area contributed by atoms with E-state index in [2.05, 4.69) is 4.98 Å². The van der Waals surface area contributed by atoms with Crippen LogP contribution < -0.4 is 5.43 Å². The molecule has 4 heteroatoms. The highest BCUT2D eigenvalue weighted by Gasteiger charge is 2.10. The van der Waals surface area contributed by atoms with Gasteiger partial charge in [-0.2, -0.15) is 0 Å². The monoisotopic (exact) mass is 281 g/mol. The van der Waals surface area contributed by atoms with Crippen molar-refractivity contribution in [1.29, 1.82) is 0 Å². The predicted molar refractivity (Wildman–Crippen MR) is 82.8 cm³/mol. The molecule has 2 aromatic carbocycles. The molecule has 0 radical (unpaired) electrons. The first-order chi connectivity index (χ1) is 10.1. The first kappa shape index (κ1) is 13.4. The van der Waals surface area contributed by atoms with Crippen LogP contribution in [0.3, 0.4) is 0 Å². The second-order valence-corrected chi connectivity index (χ2v) is 4.98. The molecule has 0 amide bonds. The second kappa shape index (κ2) is 5.05. The number of aromatic amines is 1. The van der Waals surface area contributed by atoms with E-state index in [0.29, 0.717) is 28.5 Å². The highest BCUT2D eigenvalue weighted by atomic mass is 16.5.